The first kappa shape index (κ1) is 19.6. The normalized spacial score (nSPS) is 30.7. The number of carbonyl (C=O) groups is 2. The Labute approximate surface area is 171 Å². The maximum absolute atomic E-state index is 12.4. The molecule has 1 aromatic rings. The smallest absolute Gasteiger partial charge is 0.315 e. The molecule has 28 heavy (non-hydrogen) atoms. The first-order valence-electron chi connectivity index (χ1n) is 10.5. The first-order valence-corrected chi connectivity index (χ1v) is 11.5. The van der Waals surface area contributed by atoms with E-state index in [1.165, 1.54) is 11.1 Å². The van der Waals surface area contributed by atoms with Crippen LogP contribution in [0.3, 0.4) is 0 Å². The molecule has 0 radical (unpaired) electrons. The van der Waals surface area contributed by atoms with E-state index in [0.29, 0.717) is 23.5 Å². The molecule has 2 amide bonds. The van der Waals surface area contributed by atoms with Crippen LogP contribution < -0.4 is 10.6 Å². The Morgan fingerprint density at radius 2 is 2.00 bits per heavy atom. The largest absolute Gasteiger partial charge is 0.457 e. The fourth-order valence-corrected chi connectivity index (χ4v) is 6.39. The summed E-state index contributed by atoms with van der Waals surface area (Å²) in [4.78, 5) is 23.9. The molecular formula is C22H30N2O3S. The molecule has 1 aliphatic carbocycles. The minimum atomic E-state index is -0.0954. The monoisotopic (exact) mass is 402 g/mol. The first-order chi connectivity index (χ1) is 13.5. The van der Waals surface area contributed by atoms with Gasteiger partial charge in [-0.05, 0) is 42.2 Å². The molecule has 152 valence electrons. The van der Waals surface area contributed by atoms with Crippen LogP contribution in [-0.4, -0.2) is 35.1 Å². The van der Waals surface area contributed by atoms with Crippen molar-refractivity contribution < 1.29 is 14.3 Å². The predicted octanol–water partition coefficient (Wildman–Crippen LogP) is 4.14. The third-order valence-corrected chi connectivity index (χ3v) is 7.86. The third-order valence-electron chi connectivity index (χ3n) is 6.35. The number of urea groups is 1. The van der Waals surface area contributed by atoms with Crippen molar-refractivity contribution in [2.75, 3.05) is 5.75 Å². The summed E-state index contributed by atoms with van der Waals surface area (Å²) in [6.07, 6.45) is 4.14. The van der Waals surface area contributed by atoms with Gasteiger partial charge < -0.3 is 15.4 Å². The molecule has 0 aromatic heterocycles. The third kappa shape index (κ3) is 4.02. The molecular weight excluding hydrogens is 372 g/mol. The number of esters is 1. The predicted molar refractivity (Wildman–Crippen MR) is 111 cm³/mol. The molecule has 1 aromatic carbocycles. The van der Waals surface area contributed by atoms with E-state index in [-0.39, 0.29) is 30.2 Å². The molecule has 2 N–H and O–H groups in total. The number of unbranched alkanes of at least 4 members (excludes halogenated alkanes) is 1. The van der Waals surface area contributed by atoms with Crippen LogP contribution in [0, 0.1) is 5.92 Å². The Morgan fingerprint density at radius 3 is 2.79 bits per heavy atom. The summed E-state index contributed by atoms with van der Waals surface area (Å²) in [7, 11) is 0. The van der Waals surface area contributed by atoms with Gasteiger partial charge in [-0.3, -0.25) is 4.79 Å². The molecule has 0 spiro atoms. The number of hydrogen-bond donors (Lipinski definition) is 2. The summed E-state index contributed by atoms with van der Waals surface area (Å²) in [5.41, 5.74) is 2.53. The van der Waals surface area contributed by atoms with Gasteiger partial charge in [-0.15, -0.1) is 0 Å². The van der Waals surface area contributed by atoms with Crippen LogP contribution in [0.4, 0.5) is 4.79 Å². The number of nitrogens with one attached hydrogen (secondary N) is 2. The summed E-state index contributed by atoms with van der Waals surface area (Å²) < 4.78 is 5.86. The van der Waals surface area contributed by atoms with Crippen LogP contribution in [-0.2, 0) is 9.53 Å². The molecule has 2 fully saturated rings. The molecule has 3 aliphatic rings. The van der Waals surface area contributed by atoms with Crippen molar-refractivity contribution in [1.82, 2.24) is 10.6 Å². The van der Waals surface area contributed by atoms with Crippen molar-refractivity contribution in [3.8, 4) is 0 Å². The fraction of sp³-hybridized carbons (Fsp3) is 0.636. The number of thioether (sulfide) groups is 1. The quantitative estimate of drug-likeness (QED) is 0.409. The summed E-state index contributed by atoms with van der Waals surface area (Å²) in [5, 5.41) is 6.45. The molecule has 0 bridgehead atoms. The summed E-state index contributed by atoms with van der Waals surface area (Å²) in [6, 6.07) is 8.86. The fourth-order valence-electron chi connectivity index (χ4n) is 4.84. The van der Waals surface area contributed by atoms with Gasteiger partial charge in [0.25, 0.3) is 0 Å². The second-order valence-corrected chi connectivity index (χ2v) is 9.83. The lowest BCUT2D eigenvalue weighted by Crippen LogP contribution is -2.36. The van der Waals surface area contributed by atoms with Crippen LogP contribution in [0.1, 0.15) is 69.1 Å². The molecule has 4 rings (SSSR count). The zero-order chi connectivity index (χ0) is 19.7. The lowest BCUT2D eigenvalue weighted by Gasteiger charge is -2.17. The van der Waals surface area contributed by atoms with Gasteiger partial charge in [-0.1, -0.05) is 44.5 Å². The number of carbonyl (C=O) groups excluding carboxylic acids is 2. The Bertz CT molecular complexity index is 738. The summed E-state index contributed by atoms with van der Waals surface area (Å²) in [5.74, 6) is 1.91. The van der Waals surface area contributed by atoms with Gasteiger partial charge in [-0.25, -0.2) is 4.79 Å². The zero-order valence-electron chi connectivity index (χ0n) is 16.6. The highest BCUT2D eigenvalue weighted by Crippen LogP contribution is 2.45. The van der Waals surface area contributed by atoms with Crippen LogP contribution in [0.5, 0.6) is 0 Å². The van der Waals surface area contributed by atoms with Crippen molar-refractivity contribution in [2.45, 2.75) is 75.3 Å². The Hall–Kier alpha value is -1.69. The molecule has 2 aliphatic heterocycles. The van der Waals surface area contributed by atoms with E-state index in [1.807, 2.05) is 17.8 Å². The number of rotatable bonds is 7. The van der Waals surface area contributed by atoms with E-state index in [1.54, 1.807) is 0 Å². The maximum Gasteiger partial charge on any atom is 0.315 e. The number of hydrogen-bond acceptors (Lipinski definition) is 4. The SMILES string of the molecule is CC(C)[C@@H]1C[C@@H](OC(=O)CCCC[C@@H]2SC[C@@H]3NC(=O)N[C@H]32)c2ccccc21. The average Bonchev–Trinajstić information content (AvgIpc) is 3.32. The van der Waals surface area contributed by atoms with E-state index in [9.17, 15) is 9.59 Å². The minimum absolute atomic E-state index is 0.0413. The van der Waals surface area contributed by atoms with Crippen molar-refractivity contribution in [3.63, 3.8) is 0 Å². The van der Waals surface area contributed by atoms with Gasteiger partial charge >= 0.3 is 12.0 Å². The topological polar surface area (TPSA) is 67.4 Å². The highest BCUT2D eigenvalue weighted by molar-refractivity contribution is 8.00. The lowest BCUT2D eigenvalue weighted by atomic mass is 9.90. The molecule has 5 nitrogen and oxygen atoms in total. The van der Waals surface area contributed by atoms with E-state index in [4.69, 9.17) is 4.74 Å². The number of amides is 2. The van der Waals surface area contributed by atoms with Crippen LogP contribution in [0.15, 0.2) is 24.3 Å². The maximum atomic E-state index is 12.4. The van der Waals surface area contributed by atoms with Crippen molar-refractivity contribution in [3.05, 3.63) is 35.4 Å². The van der Waals surface area contributed by atoms with Gasteiger partial charge in [0.2, 0.25) is 0 Å². The van der Waals surface area contributed by atoms with Crippen LogP contribution in [0.25, 0.3) is 0 Å². The molecule has 2 heterocycles. The van der Waals surface area contributed by atoms with E-state index < -0.39 is 0 Å². The summed E-state index contributed by atoms with van der Waals surface area (Å²) in [6.45, 7) is 4.47. The second-order valence-electron chi connectivity index (χ2n) is 8.56. The van der Waals surface area contributed by atoms with Crippen LogP contribution in [0.2, 0.25) is 0 Å². The molecule has 2 saturated heterocycles. The van der Waals surface area contributed by atoms with Crippen molar-refractivity contribution >= 4 is 23.8 Å². The highest BCUT2D eigenvalue weighted by atomic mass is 32.2. The van der Waals surface area contributed by atoms with Gasteiger partial charge in [0, 0.05) is 17.4 Å². The lowest BCUT2D eigenvalue weighted by molar-refractivity contribution is -0.149. The van der Waals surface area contributed by atoms with Crippen molar-refractivity contribution in [2.24, 2.45) is 5.92 Å². The van der Waals surface area contributed by atoms with Crippen LogP contribution >= 0.6 is 11.8 Å². The number of benzene rings is 1. The van der Waals surface area contributed by atoms with Gasteiger partial charge in [0.1, 0.15) is 6.10 Å². The Kier molecular flexibility index (Phi) is 5.85. The van der Waals surface area contributed by atoms with E-state index in [2.05, 4.69) is 42.7 Å². The molecule has 6 heteroatoms. The molecule has 0 unspecified atom stereocenters. The second kappa shape index (κ2) is 8.36. The minimum Gasteiger partial charge on any atom is -0.457 e. The molecule has 5 atom stereocenters. The highest BCUT2D eigenvalue weighted by Gasteiger charge is 2.42. The van der Waals surface area contributed by atoms with Gasteiger partial charge in [0.05, 0.1) is 12.1 Å². The Balaban J connectivity index is 1.22. The van der Waals surface area contributed by atoms with Gasteiger partial charge in [-0.2, -0.15) is 11.8 Å². The average molecular weight is 403 g/mol. The number of fused-ring (bicyclic) bond motifs is 2. The summed E-state index contributed by atoms with van der Waals surface area (Å²) >= 11 is 1.92. The van der Waals surface area contributed by atoms with Gasteiger partial charge in [0.15, 0.2) is 0 Å². The molecule has 0 saturated carbocycles. The zero-order valence-corrected chi connectivity index (χ0v) is 17.5. The van der Waals surface area contributed by atoms with E-state index in [0.717, 1.165) is 31.4 Å². The Morgan fingerprint density at radius 1 is 1.21 bits per heavy atom. The number of ether oxygens (including phenoxy) is 1. The standard InChI is InChI=1S/C22H30N2O3S/c1-13(2)16-11-18(15-8-4-3-7-14(15)16)27-20(25)10-6-5-9-19-21-17(12-28-19)23-22(26)24-21/h3-4,7-8,13,16-19,21H,5-6,9-12H2,1-2H3,(H2,23,24,26)/t16-,17-,18+,19-,21+/m0/s1. The van der Waals surface area contributed by atoms with Crippen molar-refractivity contribution in [1.29, 1.82) is 0 Å². The van der Waals surface area contributed by atoms with E-state index >= 15 is 0 Å².